The quantitative estimate of drug-likeness (QED) is 0.149. The van der Waals surface area contributed by atoms with E-state index in [0.29, 0.717) is 37.1 Å². The minimum absolute atomic E-state index is 0.0395. The van der Waals surface area contributed by atoms with Crippen LogP contribution in [0.25, 0.3) is 6.08 Å². The normalized spacial score (nSPS) is 15.5. The Morgan fingerprint density at radius 2 is 1.40 bits per heavy atom. The zero-order valence-electron chi connectivity index (χ0n) is 22.9. The Labute approximate surface area is 274 Å². The molecule has 1 fully saturated rings. The van der Waals surface area contributed by atoms with E-state index in [2.05, 4.69) is 0 Å². The number of amides is 1. The second-order valence-corrected chi connectivity index (χ2v) is 13.9. The van der Waals surface area contributed by atoms with Crippen LogP contribution in [0.4, 0.5) is 11.4 Å². The molecule has 43 heavy (non-hydrogen) atoms. The predicted octanol–water partition coefficient (Wildman–Crippen LogP) is 9.80. The number of nitrogens with zero attached hydrogens (tertiary/aromatic N) is 2. The number of hydrogen-bond donors (Lipinski definition) is 0. The van der Waals surface area contributed by atoms with E-state index in [4.69, 9.17) is 55.6 Å². The predicted molar refractivity (Wildman–Crippen MR) is 178 cm³/mol. The van der Waals surface area contributed by atoms with Crippen molar-refractivity contribution in [1.82, 2.24) is 0 Å². The summed E-state index contributed by atoms with van der Waals surface area (Å²) >= 11 is 26.7. The molecule has 0 saturated carbocycles. The second-order valence-electron chi connectivity index (χ2n) is 9.68. The Balaban J connectivity index is 1.51. The largest absolute Gasteiger partial charge is 0.376 e. The number of aliphatic imine (C=N–C) groups is 1. The third kappa shape index (κ3) is 6.90. The van der Waals surface area contributed by atoms with Gasteiger partial charge in [0.25, 0.3) is 5.91 Å². The molecule has 1 saturated heterocycles. The summed E-state index contributed by atoms with van der Waals surface area (Å²) in [6.45, 7) is 5.60. The van der Waals surface area contributed by atoms with Gasteiger partial charge in [-0.15, -0.1) is 0 Å². The first-order valence-corrected chi connectivity index (χ1v) is 16.4. The summed E-state index contributed by atoms with van der Waals surface area (Å²) in [5, 5.41) is 1.34. The van der Waals surface area contributed by atoms with E-state index in [-0.39, 0.29) is 26.6 Å². The molecule has 0 bridgehead atoms. The molecule has 0 spiro atoms. The summed E-state index contributed by atoms with van der Waals surface area (Å²) in [7, 11) is -4.19. The molecule has 0 aliphatic carbocycles. The van der Waals surface area contributed by atoms with Gasteiger partial charge in [0, 0.05) is 10.0 Å². The van der Waals surface area contributed by atoms with Gasteiger partial charge in [0.2, 0.25) is 0 Å². The molecule has 1 amide bonds. The fourth-order valence-electron chi connectivity index (χ4n) is 4.02. The topological polar surface area (TPSA) is 76.0 Å². The van der Waals surface area contributed by atoms with Gasteiger partial charge in [-0.2, -0.15) is 8.42 Å². The first kappa shape index (κ1) is 31.4. The van der Waals surface area contributed by atoms with Gasteiger partial charge in [0.1, 0.15) is 4.90 Å². The summed E-state index contributed by atoms with van der Waals surface area (Å²) in [5.41, 5.74) is 4.21. The molecule has 0 N–H and O–H groups in total. The molecule has 0 atom stereocenters. The fourth-order valence-corrected chi connectivity index (χ4v) is 7.00. The lowest BCUT2D eigenvalue weighted by molar-refractivity contribution is -0.113. The lowest BCUT2D eigenvalue weighted by Gasteiger charge is -2.16. The lowest BCUT2D eigenvalue weighted by atomic mass is 10.2. The summed E-state index contributed by atoms with van der Waals surface area (Å²) < 4.78 is 31.0. The van der Waals surface area contributed by atoms with Crippen LogP contribution in [0, 0.1) is 20.8 Å². The molecular weight excluding hydrogens is 670 g/mol. The first-order valence-electron chi connectivity index (χ1n) is 12.7. The van der Waals surface area contributed by atoms with E-state index in [9.17, 15) is 13.2 Å². The van der Waals surface area contributed by atoms with Crippen molar-refractivity contribution >= 4 is 96.8 Å². The average molecular weight is 692 g/mol. The minimum Gasteiger partial charge on any atom is -0.376 e. The molecule has 5 rings (SSSR count). The summed E-state index contributed by atoms with van der Waals surface area (Å²) in [6, 6.07) is 19.8. The van der Waals surface area contributed by atoms with Crippen LogP contribution in [0.3, 0.4) is 0 Å². The van der Waals surface area contributed by atoms with E-state index in [1.165, 1.54) is 29.2 Å². The number of halogens is 4. The molecule has 4 aromatic carbocycles. The molecule has 0 unspecified atom stereocenters. The molecule has 0 aromatic heterocycles. The molecule has 220 valence electrons. The van der Waals surface area contributed by atoms with Crippen molar-refractivity contribution in [3.63, 3.8) is 0 Å². The van der Waals surface area contributed by atoms with Gasteiger partial charge in [-0.1, -0.05) is 76.2 Å². The smallest absolute Gasteiger partial charge is 0.339 e. The van der Waals surface area contributed by atoms with Crippen molar-refractivity contribution in [3.05, 3.63) is 120 Å². The van der Waals surface area contributed by atoms with Crippen molar-refractivity contribution in [2.45, 2.75) is 25.7 Å². The summed E-state index contributed by atoms with van der Waals surface area (Å²) in [5.74, 6) is -0.567. The van der Waals surface area contributed by atoms with Crippen LogP contribution in [-0.4, -0.2) is 19.5 Å². The molecule has 1 heterocycles. The summed E-state index contributed by atoms with van der Waals surface area (Å²) in [4.78, 5) is 20.2. The third-order valence-corrected chi connectivity index (χ3v) is 10.0. The van der Waals surface area contributed by atoms with Gasteiger partial charge in [0.15, 0.2) is 10.9 Å². The molecule has 1 aliphatic rings. The van der Waals surface area contributed by atoms with Crippen LogP contribution in [0.5, 0.6) is 5.75 Å². The zero-order valence-corrected chi connectivity index (χ0v) is 27.5. The van der Waals surface area contributed by atoms with E-state index < -0.39 is 10.1 Å². The number of carbonyl (C=O) groups excluding carboxylic acids is 1. The van der Waals surface area contributed by atoms with Crippen LogP contribution in [-0.2, 0) is 14.9 Å². The van der Waals surface area contributed by atoms with Crippen molar-refractivity contribution in [3.8, 4) is 5.75 Å². The highest BCUT2D eigenvalue weighted by molar-refractivity contribution is 8.19. The van der Waals surface area contributed by atoms with Crippen LogP contribution >= 0.6 is 58.2 Å². The van der Waals surface area contributed by atoms with Gasteiger partial charge < -0.3 is 4.18 Å². The van der Waals surface area contributed by atoms with E-state index in [1.807, 2.05) is 39.0 Å². The Hall–Kier alpha value is -2.98. The SMILES string of the molecule is Cc1ccc(S(=O)(=O)Oc2c(Cl)cc(/C=C3/SC(=Nc4ccc(C)c(Cl)c4)N(c4ccc(C)c(Cl)c4)C3=O)cc2Cl)cc1. The van der Waals surface area contributed by atoms with Gasteiger partial charge in [-0.25, -0.2) is 4.99 Å². The zero-order chi connectivity index (χ0) is 31.1. The van der Waals surface area contributed by atoms with Gasteiger partial charge in [0.05, 0.1) is 26.3 Å². The Bertz CT molecular complexity index is 1920. The molecule has 1 aliphatic heterocycles. The maximum Gasteiger partial charge on any atom is 0.339 e. The van der Waals surface area contributed by atoms with Crippen LogP contribution in [0.15, 0.2) is 87.6 Å². The number of amidine groups is 1. The molecule has 12 heteroatoms. The van der Waals surface area contributed by atoms with Crippen LogP contribution in [0.2, 0.25) is 20.1 Å². The van der Waals surface area contributed by atoms with Crippen molar-refractivity contribution < 1.29 is 17.4 Å². The van der Waals surface area contributed by atoms with Crippen molar-refractivity contribution in [2.24, 2.45) is 4.99 Å². The monoisotopic (exact) mass is 690 g/mol. The fraction of sp³-hybridized carbons (Fsp3) is 0.0968. The van der Waals surface area contributed by atoms with Crippen molar-refractivity contribution in [2.75, 3.05) is 4.90 Å². The van der Waals surface area contributed by atoms with Crippen LogP contribution in [0.1, 0.15) is 22.3 Å². The first-order chi connectivity index (χ1) is 20.3. The maximum absolute atomic E-state index is 13.8. The van der Waals surface area contributed by atoms with Crippen molar-refractivity contribution in [1.29, 1.82) is 0 Å². The number of carbonyl (C=O) groups is 1. The number of rotatable bonds is 6. The highest BCUT2D eigenvalue weighted by Crippen LogP contribution is 2.41. The lowest BCUT2D eigenvalue weighted by Crippen LogP contribution is -2.28. The molecular formula is C31H22Cl4N2O4S2. The van der Waals surface area contributed by atoms with Crippen LogP contribution < -0.4 is 9.08 Å². The Morgan fingerprint density at radius 3 is 2.00 bits per heavy atom. The van der Waals surface area contributed by atoms with Gasteiger partial charge in [-0.05, 0) is 104 Å². The highest BCUT2D eigenvalue weighted by atomic mass is 35.5. The Kier molecular flexibility index (Phi) is 9.18. The van der Waals surface area contributed by atoms with E-state index in [1.54, 1.807) is 36.4 Å². The standard InChI is InChI=1S/C31H22Cl4N2O4S2/c1-17-4-10-23(11-5-17)43(39,40)41-29-26(34)12-20(13-27(29)35)14-28-30(38)37(22-9-7-19(3)25(33)16-22)31(42-28)36-21-8-6-18(2)24(32)15-21/h4-16H,1-3H3/b28-14+,36-31?. The van der Waals surface area contributed by atoms with Gasteiger partial charge in [-0.3, -0.25) is 9.69 Å². The van der Waals surface area contributed by atoms with Gasteiger partial charge >= 0.3 is 10.1 Å². The number of aryl methyl sites for hydroxylation is 3. The number of benzene rings is 4. The molecule has 4 aromatic rings. The molecule has 6 nitrogen and oxygen atoms in total. The number of hydrogen-bond acceptors (Lipinski definition) is 6. The van der Waals surface area contributed by atoms with E-state index in [0.717, 1.165) is 28.5 Å². The van der Waals surface area contributed by atoms with E-state index >= 15 is 0 Å². The maximum atomic E-state index is 13.8. The number of anilines is 1. The Morgan fingerprint density at radius 1 is 0.791 bits per heavy atom. The number of thioether (sulfide) groups is 1. The average Bonchev–Trinajstić information content (AvgIpc) is 3.24. The summed E-state index contributed by atoms with van der Waals surface area (Å²) in [6.07, 6.45) is 1.59. The third-order valence-electron chi connectivity index (χ3n) is 6.42. The molecule has 0 radical (unpaired) electrons. The minimum atomic E-state index is -4.19. The second kappa shape index (κ2) is 12.6. The highest BCUT2D eigenvalue weighted by Gasteiger charge is 2.35.